The SMILES string of the molecule is O=C(O)c1cc2cc(C=CCBr)ccc2[nH]1. The van der Waals surface area contributed by atoms with Gasteiger partial charge in [0.25, 0.3) is 0 Å². The number of carbonyl (C=O) groups is 1. The summed E-state index contributed by atoms with van der Waals surface area (Å²) in [6.45, 7) is 0. The number of H-pyrrole nitrogens is 1. The average molecular weight is 280 g/mol. The molecule has 2 aromatic rings. The second-order valence-corrected chi connectivity index (χ2v) is 4.04. The number of aromatic amines is 1. The Bertz CT molecular complexity index is 557. The van der Waals surface area contributed by atoms with Crippen molar-refractivity contribution in [3.05, 3.63) is 41.6 Å². The maximum absolute atomic E-state index is 10.8. The highest BCUT2D eigenvalue weighted by Gasteiger charge is 2.06. The van der Waals surface area contributed by atoms with Gasteiger partial charge in [-0.05, 0) is 23.8 Å². The molecule has 0 bridgehead atoms. The normalized spacial score (nSPS) is 11.3. The van der Waals surface area contributed by atoms with Crippen molar-refractivity contribution in [3.8, 4) is 0 Å². The standard InChI is InChI=1S/C12H10BrNO2/c13-5-1-2-8-3-4-10-9(6-8)7-11(14-10)12(15)16/h1-4,6-7,14H,5H2,(H,15,16). The van der Waals surface area contributed by atoms with E-state index in [-0.39, 0.29) is 5.69 Å². The monoisotopic (exact) mass is 279 g/mol. The Hall–Kier alpha value is -1.55. The van der Waals surface area contributed by atoms with Crippen LogP contribution in [0, 0.1) is 0 Å². The maximum atomic E-state index is 10.8. The summed E-state index contributed by atoms with van der Waals surface area (Å²) in [5.41, 5.74) is 2.12. The third-order valence-electron chi connectivity index (χ3n) is 2.27. The van der Waals surface area contributed by atoms with Crippen LogP contribution in [0.15, 0.2) is 30.3 Å². The van der Waals surface area contributed by atoms with Crippen LogP contribution in [0.1, 0.15) is 16.1 Å². The van der Waals surface area contributed by atoms with Gasteiger partial charge in [0, 0.05) is 16.2 Å². The van der Waals surface area contributed by atoms with E-state index in [1.165, 1.54) is 0 Å². The van der Waals surface area contributed by atoms with E-state index < -0.39 is 5.97 Å². The molecular formula is C12H10BrNO2. The second kappa shape index (κ2) is 4.53. The van der Waals surface area contributed by atoms with Gasteiger partial charge in [-0.15, -0.1) is 0 Å². The van der Waals surface area contributed by atoms with E-state index in [0.29, 0.717) is 0 Å². The first-order valence-corrected chi connectivity index (χ1v) is 5.91. The van der Waals surface area contributed by atoms with Crippen molar-refractivity contribution in [2.24, 2.45) is 0 Å². The van der Waals surface area contributed by atoms with Crippen LogP contribution in [0.4, 0.5) is 0 Å². The highest BCUT2D eigenvalue weighted by atomic mass is 79.9. The largest absolute Gasteiger partial charge is 0.477 e. The first-order chi connectivity index (χ1) is 7.70. The van der Waals surface area contributed by atoms with Gasteiger partial charge in [-0.1, -0.05) is 34.1 Å². The van der Waals surface area contributed by atoms with E-state index in [0.717, 1.165) is 21.8 Å². The summed E-state index contributed by atoms with van der Waals surface area (Å²) in [5.74, 6) is -0.936. The first kappa shape index (κ1) is 11.0. The Morgan fingerprint density at radius 2 is 2.25 bits per heavy atom. The molecule has 2 rings (SSSR count). The summed E-state index contributed by atoms with van der Waals surface area (Å²) < 4.78 is 0. The van der Waals surface area contributed by atoms with Crippen LogP contribution in [0.5, 0.6) is 0 Å². The van der Waals surface area contributed by atoms with Crippen molar-refractivity contribution in [2.75, 3.05) is 5.33 Å². The van der Waals surface area contributed by atoms with Gasteiger partial charge in [0.05, 0.1) is 0 Å². The van der Waals surface area contributed by atoms with Crippen molar-refractivity contribution < 1.29 is 9.90 Å². The van der Waals surface area contributed by atoms with E-state index in [1.54, 1.807) is 6.07 Å². The smallest absolute Gasteiger partial charge is 0.352 e. The minimum atomic E-state index is -0.936. The van der Waals surface area contributed by atoms with Gasteiger partial charge < -0.3 is 10.1 Å². The van der Waals surface area contributed by atoms with E-state index in [9.17, 15) is 4.79 Å². The molecule has 0 spiro atoms. The lowest BCUT2D eigenvalue weighted by atomic mass is 10.1. The lowest BCUT2D eigenvalue weighted by Gasteiger charge is -1.93. The molecule has 0 atom stereocenters. The molecule has 3 nitrogen and oxygen atoms in total. The number of carboxylic acids is 1. The van der Waals surface area contributed by atoms with Crippen LogP contribution in [0.2, 0.25) is 0 Å². The topological polar surface area (TPSA) is 53.1 Å². The molecule has 0 radical (unpaired) electrons. The Kier molecular flexibility index (Phi) is 3.10. The molecule has 0 fully saturated rings. The first-order valence-electron chi connectivity index (χ1n) is 4.79. The molecule has 1 aromatic heterocycles. The summed E-state index contributed by atoms with van der Waals surface area (Å²) in [6.07, 6.45) is 3.98. The highest BCUT2D eigenvalue weighted by molar-refractivity contribution is 9.09. The zero-order chi connectivity index (χ0) is 11.5. The fraction of sp³-hybridized carbons (Fsp3) is 0.0833. The average Bonchev–Trinajstić information content (AvgIpc) is 2.69. The number of hydrogen-bond donors (Lipinski definition) is 2. The van der Waals surface area contributed by atoms with Gasteiger partial charge in [-0.25, -0.2) is 4.79 Å². The van der Waals surface area contributed by atoms with Gasteiger partial charge in [0.15, 0.2) is 0 Å². The van der Waals surface area contributed by atoms with Crippen LogP contribution in [-0.4, -0.2) is 21.4 Å². The third kappa shape index (κ3) is 2.17. The van der Waals surface area contributed by atoms with Crippen LogP contribution >= 0.6 is 15.9 Å². The molecule has 0 aliphatic heterocycles. The molecule has 0 amide bonds. The van der Waals surface area contributed by atoms with Gasteiger partial charge in [-0.2, -0.15) is 0 Å². The quantitative estimate of drug-likeness (QED) is 0.848. The van der Waals surface area contributed by atoms with Crippen LogP contribution in [0.25, 0.3) is 17.0 Å². The highest BCUT2D eigenvalue weighted by Crippen LogP contribution is 2.18. The third-order valence-corrected chi connectivity index (χ3v) is 2.65. The van der Waals surface area contributed by atoms with Gasteiger partial charge >= 0.3 is 5.97 Å². The van der Waals surface area contributed by atoms with Crippen molar-refractivity contribution in [1.29, 1.82) is 0 Å². The van der Waals surface area contributed by atoms with E-state index in [1.807, 2.05) is 30.4 Å². The summed E-state index contributed by atoms with van der Waals surface area (Å²) in [4.78, 5) is 13.6. The Morgan fingerprint density at radius 1 is 1.44 bits per heavy atom. The van der Waals surface area contributed by atoms with Crippen LogP contribution < -0.4 is 0 Å². The Balaban J connectivity index is 2.45. The number of rotatable bonds is 3. The number of halogens is 1. The van der Waals surface area contributed by atoms with E-state index >= 15 is 0 Å². The van der Waals surface area contributed by atoms with Crippen LogP contribution in [0.3, 0.4) is 0 Å². The molecule has 82 valence electrons. The molecule has 0 aliphatic rings. The van der Waals surface area contributed by atoms with Crippen molar-refractivity contribution in [2.45, 2.75) is 0 Å². The summed E-state index contributed by atoms with van der Waals surface area (Å²) in [7, 11) is 0. The predicted molar refractivity (Wildman–Crippen MR) is 68.1 cm³/mol. The molecule has 2 N–H and O–H groups in total. The zero-order valence-electron chi connectivity index (χ0n) is 8.40. The van der Waals surface area contributed by atoms with E-state index in [2.05, 4.69) is 20.9 Å². The number of hydrogen-bond acceptors (Lipinski definition) is 1. The predicted octanol–water partition coefficient (Wildman–Crippen LogP) is 3.27. The lowest BCUT2D eigenvalue weighted by Crippen LogP contribution is -1.94. The van der Waals surface area contributed by atoms with Gasteiger partial charge in [0.1, 0.15) is 5.69 Å². The summed E-state index contributed by atoms with van der Waals surface area (Å²) in [5, 5.41) is 10.6. The van der Waals surface area contributed by atoms with Crippen molar-refractivity contribution >= 4 is 38.9 Å². The molecule has 0 saturated carbocycles. The number of aromatic carboxylic acids is 1. The van der Waals surface area contributed by atoms with Gasteiger partial charge in [0.2, 0.25) is 0 Å². The number of aromatic nitrogens is 1. The lowest BCUT2D eigenvalue weighted by molar-refractivity contribution is 0.0691. The van der Waals surface area contributed by atoms with Gasteiger partial charge in [-0.3, -0.25) is 0 Å². The van der Waals surface area contributed by atoms with Crippen molar-refractivity contribution in [1.82, 2.24) is 4.98 Å². The molecule has 0 unspecified atom stereocenters. The minimum Gasteiger partial charge on any atom is -0.477 e. The van der Waals surface area contributed by atoms with E-state index in [4.69, 9.17) is 5.11 Å². The number of allylic oxidation sites excluding steroid dienone is 1. The molecule has 16 heavy (non-hydrogen) atoms. The second-order valence-electron chi connectivity index (χ2n) is 3.39. The fourth-order valence-electron chi connectivity index (χ4n) is 1.55. The maximum Gasteiger partial charge on any atom is 0.352 e. The minimum absolute atomic E-state index is 0.219. The van der Waals surface area contributed by atoms with Crippen LogP contribution in [-0.2, 0) is 0 Å². The number of fused-ring (bicyclic) bond motifs is 1. The molecular weight excluding hydrogens is 270 g/mol. The molecule has 0 aliphatic carbocycles. The molecule has 0 saturated heterocycles. The number of nitrogens with one attached hydrogen (secondary N) is 1. The van der Waals surface area contributed by atoms with Crippen molar-refractivity contribution in [3.63, 3.8) is 0 Å². The Labute approximate surface area is 101 Å². The fourth-order valence-corrected chi connectivity index (χ4v) is 1.74. The molecule has 1 aromatic carbocycles. The zero-order valence-corrected chi connectivity index (χ0v) is 9.99. The number of alkyl halides is 1. The molecule has 1 heterocycles. The summed E-state index contributed by atoms with van der Waals surface area (Å²) in [6, 6.07) is 7.43. The number of benzene rings is 1. The Morgan fingerprint density at radius 3 is 2.94 bits per heavy atom. The number of carboxylic acid groups (broad SMARTS) is 1. The molecule has 4 heteroatoms. The summed E-state index contributed by atoms with van der Waals surface area (Å²) >= 11 is 3.31.